The molecule has 1 rings (SSSR count). The van der Waals surface area contributed by atoms with E-state index in [1.54, 1.807) is 0 Å². The number of carbonyl (C=O) groups is 1. The Morgan fingerprint density at radius 2 is 2.19 bits per heavy atom. The van der Waals surface area contributed by atoms with Gasteiger partial charge in [0.05, 0.1) is 18.1 Å². The van der Waals surface area contributed by atoms with Gasteiger partial charge in [-0.25, -0.2) is 8.78 Å². The van der Waals surface area contributed by atoms with Crippen LogP contribution in [0.1, 0.15) is 16.8 Å². The smallest absolute Gasteiger partial charge is 0.256 e. The third-order valence-corrected chi connectivity index (χ3v) is 2.09. The van der Waals surface area contributed by atoms with E-state index in [9.17, 15) is 13.6 Å². The summed E-state index contributed by atoms with van der Waals surface area (Å²) in [6.07, 6.45) is 0.152. The normalized spacial score (nSPS) is 9.62. The third kappa shape index (κ3) is 2.54. The first-order valence-electron chi connectivity index (χ1n) is 4.64. The maximum atomic E-state index is 13.2. The quantitative estimate of drug-likeness (QED) is 0.787. The van der Waals surface area contributed by atoms with Gasteiger partial charge < -0.3 is 4.90 Å². The summed E-state index contributed by atoms with van der Waals surface area (Å²) in [5.74, 6) is -2.84. The number of nitriles is 1. The summed E-state index contributed by atoms with van der Waals surface area (Å²) in [4.78, 5) is 12.8. The van der Waals surface area contributed by atoms with E-state index in [4.69, 9.17) is 5.26 Å². The second-order valence-electron chi connectivity index (χ2n) is 3.24. The minimum absolute atomic E-state index is 0.152. The van der Waals surface area contributed by atoms with Crippen molar-refractivity contribution in [3.8, 4) is 6.07 Å². The molecule has 0 unspecified atom stereocenters. The van der Waals surface area contributed by atoms with Gasteiger partial charge in [-0.2, -0.15) is 5.26 Å². The monoisotopic (exact) mass is 224 g/mol. The highest BCUT2D eigenvalue weighted by Crippen LogP contribution is 2.13. The molecular formula is C11H10F2N2O. The second-order valence-corrected chi connectivity index (χ2v) is 3.24. The van der Waals surface area contributed by atoms with Crippen molar-refractivity contribution in [3.63, 3.8) is 0 Å². The van der Waals surface area contributed by atoms with Crippen molar-refractivity contribution in [2.24, 2.45) is 0 Å². The van der Waals surface area contributed by atoms with Gasteiger partial charge in [0.15, 0.2) is 11.6 Å². The first kappa shape index (κ1) is 12.1. The van der Waals surface area contributed by atoms with E-state index in [0.717, 1.165) is 6.07 Å². The second kappa shape index (κ2) is 5.21. The Hall–Kier alpha value is -1.96. The van der Waals surface area contributed by atoms with Crippen LogP contribution in [0.25, 0.3) is 0 Å². The van der Waals surface area contributed by atoms with Crippen LogP contribution in [0.4, 0.5) is 8.78 Å². The Morgan fingerprint density at radius 3 is 2.81 bits per heavy atom. The zero-order valence-corrected chi connectivity index (χ0v) is 8.70. The molecule has 3 nitrogen and oxygen atoms in total. The highest BCUT2D eigenvalue weighted by Gasteiger charge is 2.18. The predicted molar refractivity (Wildman–Crippen MR) is 53.5 cm³/mol. The van der Waals surface area contributed by atoms with Gasteiger partial charge in [-0.15, -0.1) is 0 Å². The zero-order valence-electron chi connectivity index (χ0n) is 8.70. The number of hydrogen-bond donors (Lipinski definition) is 0. The number of carbonyl (C=O) groups excluding carboxylic acids is 1. The average Bonchev–Trinajstić information content (AvgIpc) is 2.28. The average molecular weight is 224 g/mol. The Balaban J connectivity index is 2.89. The van der Waals surface area contributed by atoms with Gasteiger partial charge in [0.25, 0.3) is 5.91 Å². The fourth-order valence-corrected chi connectivity index (χ4v) is 1.19. The summed E-state index contributed by atoms with van der Waals surface area (Å²) < 4.78 is 26.1. The standard InChI is InChI=1S/C11H10F2N2O/c1-15(7-3-6-14)11(16)8-4-2-5-9(12)10(8)13/h2,4-5H,3,7H2,1H3. The van der Waals surface area contributed by atoms with Crippen molar-refractivity contribution in [2.45, 2.75) is 6.42 Å². The molecule has 5 heteroatoms. The predicted octanol–water partition coefficient (Wildman–Crippen LogP) is 1.95. The molecule has 0 fully saturated rings. The first-order chi connectivity index (χ1) is 7.57. The molecule has 0 heterocycles. The maximum Gasteiger partial charge on any atom is 0.256 e. The lowest BCUT2D eigenvalue weighted by molar-refractivity contribution is 0.0792. The fourth-order valence-electron chi connectivity index (χ4n) is 1.19. The van der Waals surface area contributed by atoms with Crippen molar-refractivity contribution in [1.29, 1.82) is 5.26 Å². The van der Waals surface area contributed by atoms with Crippen LogP contribution < -0.4 is 0 Å². The molecule has 0 radical (unpaired) electrons. The van der Waals surface area contributed by atoms with E-state index < -0.39 is 17.5 Å². The van der Waals surface area contributed by atoms with Crippen LogP contribution in [0.2, 0.25) is 0 Å². The lowest BCUT2D eigenvalue weighted by Crippen LogP contribution is -2.28. The number of nitrogens with zero attached hydrogens (tertiary/aromatic N) is 2. The van der Waals surface area contributed by atoms with E-state index in [1.807, 2.05) is 6.07 Å². The number of rotatable bonds is 3. The number of hydrogen-bond acceptors (Lipinski definition) is 2. The molecular weight excluding hydrogens is 214 g/mol. The molecule has 0 aliphatic carbocycles. The van der Waals surface area contributed by atoms with Crippen LogP contribution in [0, 0.1) is 23.0 Å². The lowest BCUT2D eigenvalue weighted by atomic mass is 10.2. The van der Waals surface area contributed by atoms with Gasteiger partial charge in [0.2, 0.25) is 0 Å². The fraction of sp³-hybridized carbons (Fsp3) is 0.273. The van der Waals surface area contributed by atoms with E-state index in [-0.39, 0.29) is 18.5 Å². The van der Waals surface area contributed by atoms with Crippen molar-refractivity contribution in [1.82, 2.24) is 4.90 Å². The van der Waals surface area contributed by atoms with Crippen LogP contribution in [-0.4, -0.2) is 24.4 Å². The van der Waals surface area contributed by atoms with Crippen molar-refractivity contribution in [2.75, 3.05) is 13.6 Å². The van der Waals surface area contributed by atoms with Crippen LogP contribution in [0.3, 0.4) is 0 Å². The summed E-state index contributed by atoms with van der Waals surface area (Å²) in [6.45, 7) is 0.186. The minimum atomic E-state index is -1.16. The zero-order chi connectivity index (χ0) is 12.1. The first-order valence-corrected chi connectivity index (χ1v) is 4.64. The van der Waals surface area contributed by atoms with E-state index in [0.29, 0.717) is 0 Å². The molecule has 0 aliphatic heterocycles. The molecule has 16 heavy (non-hydrogen) atoms. The van der Waals surface area contributed by atoms with Crippen molar-refractivity contribution >= 4 is 5.91 Å². The van der Waals surface area contributed by atoms with Crippen molar-refractivity contribution < 1.29 is 13.6 Å². The van der Waals surface area contributed by atoms with Gasteiger partial charge >= 0.3 is 0 Å². The minimum Gasteiger partial charge on any atom is -0.341 e. The SMILES string of the molecule is CN(CCC#N)C(=O)c1cccc(F)c1F. The van der Waals surface area contributed by atoms with Gasteiger partial charge in [-0.05, 0) is 12.1 Å². The molecule has 0 saturated heterocycles. The Morgan fingerprint density at radius 1 is 1.50 bits per heavy atom. The van der Waals surface area contributed by atoms with Crippen LogP contribution in [0.15, 0.2) is 18.2 Å². The summed E-state index contributed by atoms with van der Waals surface area (Å²) >= 11 is 0. The molecule has 1 amide bonds. The van der Waals surface area contributed by atoms with Crippen LogP contribution in [-0.2, 0) is 0 Å². The topological polar surface area (TPSA) is 44.1 Å². The molecule has 0 aromatic heterocycles. The summed E-state index contributed by atoms with van der Waals surface area (Å²) in [5, 5.41) is 8.34. The third-order valence-electron chi connectivity index (χ3n) is 2.09. The van der Waals surface area contributed by atoms with Crippen LogP contribution in [0.5, 0.6) is 0 Å². The Bertz CT molecular complexity index is 440. The highest BCUT2D eigenvalue weighted by atomic mass is 19.2. The molecule has 0 saturated carbocycles. The van der Waals surface area contributed by atoms with E-state index in [1.165, 1.54) is 24.1 Å². The Labute approximate surface area is 91.9 Å². The molecule has 0 N–H and O–H groups in total. The number of amides is 1. The lowest BCUT2D eigenvalue weighted by Gasteiger charge is -2.15. The van der Waals surface area contributed by atoms with Gasteiger partial charge in [0.1, 0.15) is 0 Å². The molecule has 0 aliphatic rings. The van der Waals surface area contributed by atoms with Crippen LogP contribution >= 0.6 is 0 Å². The van der Waals surface area contributed by atoms with Crippen molar-refractivity contribution in [3.05, 3.63) is 35.4 Å². The molecule has 1 aromatic carbocycles. The molecule has 0 bridgehead atoms. The summed E-state index contributed by atoms with van der Waals surface area (Å²) in [7, 11) is 1.43. The highest BCUT2D eigenvalue weighted by molar-refractivity contribution is 5.94. The number of halogens is 2. The maximum absolute atomic E-state index is 13.2. The molecule has 1 aromatic rings. The Kier molecular flexibility index (Phi) is 3.95. The summed E-state index contributed by atoms with van der Waals surface area (Å²) in [6, 6.07) is 5.29. The molecule has 0 atom stereocenters. The largest absolute Gasteiger partial charge is 0.341 e. The van der Waals surface area contributed by atoms with Gasteiger partial charge in [-0.1, -0.05) is 6.07 Å². The van der Waals surface area contributed by atoms with E-state index >= 15 is 0 Å². The summed E-state index contributed by atoms with van der Waals surface area (Å²) in [5.41, 5.74) is -0.319. The molecule has 0 spiro atoms. The van der Waals surface area contributed by atoms with Gasteiger partial charge in [-0.3, -0.25) is 4.79 Å². The molecule has 84 valence electrons. The number of benzene rings is 1. The van der Waals surface area contributed by atoms with E-state index in [2.05, 4.69) is 0 Å². The van der Waals surface area contributed by atoms with Gasteiger partial charge in [0, 0.05) is 13.6 Å².